The summed E-state index contributed by atoms with van der Waals surface area (Å²) in [4.78, 5) is 0. The van der Waals surface area contributed by atoms with Crippen molar-refractivity contribution in [1.82, 2.24) is 0 Å². The molecule has 0 aromatic heterocycles. The van der Waals surface area contributed by atoms with Crippen LogP contribution in [0.3, 0.4) is 0 Å². The molecule has 0 bridgehead atoms. The fourth-order valence-corrected chi connectivity index (χ4v) is 3.30. The first-order chi connectivity index (χ1) is 15.1. The van der Waals surface area contributed by atoms with Crippen LogP contribution in [0.1, 0.15) is 25.0 Å². The predicted molar refractivity (Wildman–Crippen MR) is 117 cm³/mol. The Balaban J connectivity index is 1.22. The number of epoxide rings is 2. The second kappa shape index (κ2) is 10.5. The van der Waals surface area contributed by atoms with Crippen LogP contribution in [0.2, 0.25) is 0 Å². The summed E-state index contributed by atoms with van der Waals surface area (Å²) >= 11 is 0. The molecule has 31 heavy (non-hydrogen) atoms. The van der Waals surface area contributed by atoms with Gasteiger partial charge in [0.2, 0.25) is 0 Å². The molecule has 2 aliphatic rings. The van der Waals surface area contributed by atoms with Crippen LogP contribution < -0.4 is 9.47 Å². The lowest BCUT2D eigenvalue weighted by molar-refractivity contribution is 0.0878. The fraction of sp³-hybridized carbons (Fsp3) is 0.520. The largest absolute Gasteiger partial charge is 0.491 e. The molecule has 6 heteroatoms. The average Bonchev–Trinajstić information content (AvgIpc) is 3.70. The molecule has 2 aliphatic heterocycles. The van der Waals surface area contributed by atoms with Crippen LogP contribution in [0.5, 0.6) is 11.5 Å². The van der Waals surface area contributed by atoms with Crippen LogP contribution in [0, 0.1) is 0 Å². The van der Waals surface area contributed by atoms with Gasteiger partial charge in [0.25, 0.3) is 0 Å². The number of benzene rings is 2. The third kappa shape index (κ3) is 6.94. The van der Waals surface area contributed by atoms with Crippen LogP contribution in [0.15, 0.2) is 48.5 Å². The van der Waals surface area contributed by atoms with E-state index in [1.165, 1.54) is 11.1 Å². The maximum atomic E-state index is 5.77. The van der Waals surface area contributed by atoms with Crippen molar-refractivity contribution in [3.63, 3.8) is 0 Å². The molecule has 2 heterocycles. The Hall–Kier alpha value is -2.12. The van der Waals surface area contributed by atoms with Gasteiger partial charge in [-0.05, 0) is 35.4 Å². The number of hydrogen-bond acceptors (Lipinski definition) is 6. The quantitative estimate of drug-likeness (QED) is 0.338. The number of hydrogen-bond donors (Lipinski definition) is 0. The van der Waals surface area contributed by atoms with E-state index in [0.29, 0.717) is 51.8 Å². The Labute approximate surface area is 184 Å². The van der Waals surface area contributed by atoms with Gasteiger partial charge in [-0.15, -0.1) is 0 Å². The molecule has 6 nitrogen and oxygen atoms in total. The summed E-state index contributed by atoms with van der Waals surface area (Å²) in [5.41, 5.74) is 2.33. The molecule has 2 saturated heterocycles. The highest BCUT2D eigenvalue weighted by Crippen LogP contribution is 2.33. The van der Waals surface area contributed by atoms with E-state index in [-0.39, 0.29) is 5.41 Å². The zero-order chi connectivity index (χ0) is 21.5. The molecule has 0 amide bonds. The number of rotatable bonds is 14. The zero-order valence-corrected chi connectivity index (χ0v) is 18.4. The molecule has 2 aromatic rings. The van der Waals surface area contributed by atoms with Gasteiger partial charge in [0.05, 0.1) is 39.6 Å². The summed E-state index contributed by atoms with van der Waals surface area (Å²) in [6.07, 6.45) is 0.590. The molecule has 4 rings (SSSR count). The maximum Gasteiger partial charge on any atom is 0.119 e. The highest BCUT2D eigenvalue weighted by atomic mass is 16.6. The van der Waals surface area contributed by atoms with Crippen molar-refractivity contribution in [2.45, 2.75) is 31.5 Å². The monoisotopic (exact) mass is 428 g/mol. The molecular weight excluding hydrogens is 396 g/mol. The molecule has 2 unspecified atom stereocenters. The minimum absolute atomic E-state index is 0.127. The first-order valence-electron chi connectivity index (χ1n) is 11.0. The van der Waals surface area contributed by atoms with Gasteiger partial charge in [0, 0.05) is 5.41 Å². The molecule has 2 atom stereocenters. The van der Waals surface area contributed by atoms with Crippen LogP contribution in [0.4, 0.5) is 0 Å². The molecule has 2 aromatic carbocycles. The van der Waals surface area contributed by atoms with Crippen LogP contribution in [0.25, 0.3) is 0 Å². The Morgan fingerprint density at radius 1 is 0.677 bits per heavy atom. The standard InChI is InChI=1S/C25H32O6/c1-25(2,19-3-7-21(8-4-19)28-13-11-26-15-23-17-30-23)20-5-9-22(10-6-20)29-14-12-27-16-24-18-31-24/h3-10,23-24H,11-18H2,1-2H3. The van der Waals surface area contributed by atoms with Crippen molar-refractivity contribution >= 4 is 0 Å². The van der Waals surface area contributed by atoms with E-state index in [9.17, 15) is 0 Å². The van der Waals surface area contributed by atoms with E-state index in [0.717, 1.165) is 24.7 Å². The van der Waals surface area contributed by atoms with Gasteiger partial charge in [-0.2, -0.15) is 0 Å². The van der Waals surface area contributed by atoms with Gasteiger partial charge >= 0.3 is 0 Å². The van der Waals surface area contributed by atoms with Gasteiger partial charge in [0.1, 0.15) is 36.9 Å². The van der Waals surface area contributed by atoms with E-state index < -0.39 is 0 Å². The lowest BCUT2D eigenvalue weighted by Crippen LogP contribution is -2.19. The molecule has 0 spiro atoms. The summed E-state index contributed by atoms with van der Waals surface area (Å²) in [5, 5.41) is 0. The van der Waals surface area contributed by atoms with E-state index in [1.54, 1.807) is 0 Å². The highest BCUT2D eigenvalue weighted by molar-refractivity contribution is 5.41. The molecule has 168 valence electrons. The molecular formula is C25H32O6. The third-order valence-corrected chi connectivity index (χ3v) is 5.56. The molecule has 0 N–H and O–H groups in total. The van der Waals surface area contributed by atoms with Crippen LogP contribution >= 0.6 is 0 Å². The SMILES string of the molecule is CC(C)(c1ccc(OCCOCC2CO2)cc1)c1ccc(OCCOCC2CO2)cc1. The van der Waals surface area contributed by atoms with Crippen molar-refractivity contribution in [2.24, 2.45) is 0 Å². The van der Waals surface area contributed by atoms with E-state index in [2.05, 4.69) is 38.1 Å². The Bertz CT molecular complexity index is 726. The summed E-state index contributed by atoms with van der Waals surface area (Å²) in [7, 11) is 0. The first-order valence-corrected chi connectivity index (χ1v) is 11.0. The van der Waals surface area contributed by atoms with E-state index in [4.69, 9.17) is 28.4 Å². The van der Waals surface area contributed by atoms with E-state index >= 15 is 0 Å². The fourth-order valence-electron chi connectivity index (χ4n) is 3.30. The van der Waals surface area contributed by atoms with Gasteiger partial charge in [-0.3, -0.25) is 0 Å². The van der Waals surface area contributed by atoms with Gasteiger partial charge in [0.15, 0.2) is 0 Å². The van der Waals surface area contributed by atoms with Crippen LogP contribution in [-0.2, 0) is 24.4 Å². The molecule has 0 radical (unpaired) electrons. The Morgan fingerprint density at radius 3 is 1.42 bits per heavy atom. The average molecular weight is 429 g/mol. The first kappa shape index (κ1) is 22.1. The zero-order valence-electron chi connectivity index (χ0n) is 18.4. The van der Waals surface area contributed by atoms with Gasteiger partial charge in [-0.25, -0.2) is 0 Å². The second-order valence-electron chi connectivity index (χ2n) is 8.43. The van der Waals surface area contributed by atoms with E-state index in [1.807, 2.05) is 24.3 Å². The predicted octanol–water partition coefficient (Wildman–Crippen LogP) is 3.60. The minimum Gasteiger partial charge on any atom is -0.491 e. The lowest BCUT2D eigenvalue weighted by atomic mass is 9.78. The Kier molecular flexibility index (Phi) is 7.45. The molecule has 2 fully saturated rings. The van der Waals surface area contributed by atoms with Crippen molar-refractivity contribution in [1.29, 1.82) is 0 Å². The minimum atomic E-state index is -0.127. The summed E-state index contributed by atoms with van der Waals surface area (Å²) in [5.74, 6) is 1.70. The topological polar surface area (TPSA) is 62.0 Å². The van der Waals surface area contributed by atoms with Gasteiger partial charge < -0.3 is 28.4 Å². The van der Waals surface area contributed by atoms with Crippen LogP contribution in [-0.4, -0.2) is 65.1 Å². The van der Waals surface area contributed by atoms with Crippen molar-refractivity contribution in [2.75, 3.05) is 52.9 Å². The summed E-state index contributed by atoms with van der Waals surface area (Å²) in [6.45, 7) is 9.62. The summed E-state index contributed by atoms with van der Waals surface area (Å²) in [6, 6.07) is 16.6. The normalized spacial score (nSPS) is 19.8. The molecule has 0 aliphatic carbocycles. The Morgan fingerprint density at radius 2 is 1.06 bits per heavy atom. The lowest BCUT2D eigenvalue weighted by Gasteiger charge is -2.26. The van der Waals surface area contributed by atoms with Crippen molar-refractivity contribution in [3.8, 4) is 11.5 Å². The van der Waals surface area contributed by atoms with Crippen molar-refractivity contribution < 1.29 is 28.4 Å². The smallest absolute Gasteiger partial charge is 0.119 e. The third-order valence-electron chi connectivity index (χ3n) is 5.56. The maximum absolute atomic E-state index is 5.77. The molecule has 0 saturated carbocycles. The summed E-state index contributed by atoms with van der Waals surface area (Å²) < 4.78 is 32.8. The second-order valence-corrected chi connectivity index (χ2v) is 8.43. The highest BCUT2D eigenvalue weighted by Gasteiger charge is 2.24. The van der Waals surface area contributed by atoms with Crippen molar-refractivity contribution in [3.05, 3.63) is 59.7 Å². The number of ether oxygens (including phenoxy) is 6. The van der Waals surface area contributed by atoms with Gasteiger partial charge in [-0.1, -0.05) is 38.1 Å².